The van der Waals surface area contributed by atoms with E-state index in [1.807, 2.05) is 42.5 Å². The number of hydrogen-bond donors (Lipinski definition) is 3. The fourth-order valence-electron chi connectivity index (χ4n) is 4.60. The van der Waals surface area contributed by atoms with Crippen molar-refractivity contribution in [3.63, 3.8) is 0 Å². The van der Waals surface area contributed by atoms with Crippen molar-refractivity contribution in [2.75, 3.05) is 20.7 Å². The number of amides is 1. The zero-order valence-corrected chi connectivity index (χ0v) is 21.6. The first-order chi connectivity index (χ1) is 15.6. The van der Waals surface area contributed by atoms with Crippen LogP contribution >= 0.6 is 24.0 Å². The van der Waals surface area contributed by atoms with Crippen LogP contribution in [0.2, 0.25) is 0 Å². The molecular formula is C25H33IN4O3. The van der Waals surface area contributed by atoms with Gasteiger partial charge in [0.2, 0.25) is 5.91 Å². The molecule has 1 spiro atoms. The third kappa shape index (κ3) is 6.31. The zero-order valence-electron chi connectivity index (χ0n) is 19.2. The minimum absolute atomic E-state index is 0. The van der Waals surface area contributed by atoms with E-state index in [1.54, 1.807) is 14.2 Å². The average Bonchev–Trinajstić information content (AvgIpc) is 3.27. The number of fused-ring (bicyclic) bond motifs is 1. The Kier molecular flexibility index (Phi) is 8.82. The lowest BCUT2D eigenvalue weighted by Crippen LogP contribution is -2.48. The van der Waals surface area contributed by atoms with Crippen LogP contribution in [0, 0.1) is 0 Å². The molecule has 1 unspecified atom stereocenters. The Morgan fingerprint density at radius 3 is 2.55 bits per heavy atom. The van der Waals surface area contributed by atoms with Crippen LogP contribution in [-0.4, -0.2) is 38.2 Å². The maximum Gasteiger partial charge on any atom is 0.239 e. The van der Waals surface area contributed by atoms with Gasteiger partial charge < -0.3 is 25.4 Å². The second-order valence-electron chi connectivity index (χ2n) is 8.48. The molecule has 0 radical (unpaired) electrons. The van der Waals surface area contributed by atoms with Crippen LogP contribution in [0.15, 0.2) is 53.5 Å². The van der Waals surface area contributed by atoms with E-state index in [0.717, 1.165) is 41.9 Å². The van der Waals surface area contributed by atoms with Gasteiger partial charge in [-0.2, -0.15) is 0 Å². The number of carbonyl (C=O) groups excluding carboxylic acids is 1. The van der Waals surface area contributed by atoms with Crippen LogP contribution in [0.1, 0.15) is 49.3 Å². The maximum atomic E-state index is 12.4. The van der Waals surface area contributed by atoms with Crippen molar-refractivity contribution in [3.8, 4) is 11.5 Å². The first kappa shape index (κ1) is 25.1. The highest BCUT2D eigenvalue weighted by Crippen LogP contribution is 2.46. The molecule has 3 N–H and O–H groups in total. The van der Waals surface area contributed by atoms with E-state index < -0.39 is 0 Å². The van der Waals surface area contributed by atoms with Crippen molar-refractivity contribution in [1.29, 1.82) is 0 Å². The van der Waals surface area contributed by atoms with Crippen LogP contribution < -0.4 is 25.4 Å². The number of ether oxygens (including phenoxy) is 2. The Bertz CT molecular complexity index is 958. The summed E-state index contributed by atoms with van der Waals surface area (Å²) in [7, 11) is 3.36. The summed E-state index contributed by atoms with van der Waals surface area (Å²) in [6.07, 6.45) is 5.47. The van der Waals surface area contributed by atoms with Gasteiger partial charge >= 0.3 is 0 Å². The number of rotatable bonds is 6. The molecule has 8 heteroatoms. The van der Waals surface area contributed by atoms with Crippen LogP contribution in [0.4, 0.5) is 0 Å². The summed E-state index contributed by atoms with van der Waals surface area (Å²) >= 11 is 0. The third-order valence-corrected chi connectivity index (χ3v) is 6.31. The number of para-hydroxylation sites is 1. The molecule has 0 saturated heterocycles. The molecule has 2 aromatic rings. The van der Waals surface area contributed by atoms with Gasteiger partial charge in [-0.05, 0) is 49.4 Å². The van der Waals surface area contributed by atoms with Gasteiger partial charge in [0.1, 0.15) is 17.1 Å². The summed E-state index contributed by atoms with van der Waals surface area (Å²) < 4.78 is 11.6. The molecule has 7 nitrogen and oxygen atoms in total. The summed E-state index contributed by atoms with van der Waals surface area (Å²) in [5, 5.41) is 9.60. The highest BCUT2D eigenvalue weighted by molar-refractivity contribution is 14.0. The topological polar surface area (TPSA) is 84.0 Å². The maximum absolute atomic E-state index is 12.4. The number of carbonyl (C=O) groups is 1. The van der Waals surface area contributed by atoms with Gasteiger partial charge in [-0.1, -0.05) is 30.3 Å². The number of aliphatic imine (C=N–C) groups is 1. The molecule has 2 aliphatic rings. The summed E-state index contributed by atoms with van der Waals surface area (Å²) in [5.41, 5.74) is 2.06. The molecular weight excluding hydrogens is 531 g/mol. The Morgan fingerprint density at radius 1 is 1.12 bits per heavy atom. The predicted octanol–water partition coefficient (Wildman–Crippen LogP) is 3.93. The standard InChI is InChI=1S/C25H32N4O3.HI/c1-26-24(28-17-23(30)27-16-18-9-11-19(31-2)12-10-18)29-21-15-25(13-5-6-14-25)32-22-8-4-3-7-20(21)22;/h3-4,7-12,21H,5-6,13-17H2,1-2H3,(H,27,30)(H2,26,28,29);1H. The van der Waals surface area contributed by atoms with Gasteiger partial charge in [-0.15, -0.1) is 24.0 Å². The van der Waals surface area contributed by atoms with E-state index in [1.165, 1.54) is 12.8 Å². The first-order valence-electron chi connectivity index (χ1n) is 11.3. The van der Waals surface area contributed by atoms with Crippen molar-refractivity contribution in [2.24, 2.45) is 4.99 Å². The van der Waals surface area contributed by atoms with Gasteiger partial charge in [0.25, 0.3) is 0 Å². The van der Waals surface area contributed by atoms with Crippen molar-refractivity contribution in [2.45, 2.75) is 50.3 Å². The minimum atomic E-state index is -0.0966. The highest BCUT2D eigenvalue weighted by Gasteiger charge is 2.43. The molecule has 1 atom stereocenters. The summed E-state index contributed by atoms with van der Waals surface area (Å²) in [6.45, 7) is 0.609. The van der Waals surface area contributed by atoms with Crippen LogP contribution in [0.25, 0.3) is 0 Å². The highest BCUT2D eigenvalue weighted by atomic mass is 127. The molecule has 1 aliphatic carbocycles. The molecule has 0 aromatic heterocycles. The van der Waals surface area contributed by atoms with E-state index in [9.17, 15) is 4.79 Å². The molecule has 1 heterocycles. The lowest BCUT2D eigenvalue weighted by Gasteiger charge is -2.40. The van der Waals surface area contributed by atoms with Crippen molar-refractivity contribution in [3.05, 3.63) is 59.7 Å². The number of nitrogens with zero attached hydrogens (tertiary/aromatic N) is 1. The van der Waals surface area contributed by atoms with Gasteiger partial charge in [0.05, 0.1) is 19.7 Å². The van der Waals surface area contributed by atoms with Crippen LogP contribution in [-0.2, 0) is 11.3 Å². The van der Waals surface area contributed by atoms with Gasteiger partial charge in [0.15, 0.2) is 5.96 Å². The molecule has 1 fully saturated rings. The largest absolute Gasteiger partial charge is 0.497 e. The van der Waals surface area contributed by atoms with Crippen molar-refractivity contribution < 1.29 is 14.3 Å². The molecule has 1 saturated carbocycles. The zero-order chi connectivity index (χ0) is 22.4. The normalized spacial score (nSPS) is 18.5. The second kappa shape index (κ2) is 11.6. The third-order valence-electron chi connectivity index (χ3n) is 6.31. The van der Waals surface area contributed by atoms with E-state index in [0.29, 0.717) is 12.5 Å². The summed E-state index contributed by atoms with van der Waals surface area (Å²) in [5.74, 6) is 2.26. The lowest BCUT2D eigenvalue weighted by molar-refractivity contribution is -0.120. The fraction of sp³-hybridized carbons (Fsp3) is 0.440. The number of benzene rings is 2. The van der Waals surface area contributed by atoms with Gasteiger partial charge in [-0.25, -0.2) is 0 Å². The van der Waals surface area contributed by atoms with Gasteiger partial charge in [-0.3, -0.25) is 9.79 Å². The molecule has 2 aromatic carbocycles. The number of hydrogen-bond acceptors (Lipinski definition) is 4. The van der Waals surface area contributed by atoms with Crippen LogP contribution in [0.3, 0.4) is 0 Å². The van der Waals surface area contributed by atoms with E-state index in [-0.39, 0.29) is 48.1 Å². The smallest absolute Gasteiger partial charge is 0.239 e. The van der Waals surface area contributed by atoms with E-state index in [2.05, 4.69) is 27.0 Å². The Balaban J connectivity index is 0.00000306. The number of methoxy groups -OCH3 is 1. The molecule has 4 rings (SSSR count). The monoisotopic (exact) mass is 564 g/mol. The summed E-state index contributed by atoms with van der Waals surface area (Å²) in [6, 6.07) is 15.9. The lowest BCUT2D eigenvalue weighted by atomic mass is 9.86. The average molecular weight is 564 g/mol. The first-order valence-corrected chi connectivity index (χ1v) is 11.3. The van der Waals surface area contributed by atoms with Crippen LogP contribution in [0.5, 0.6) is 11.5 Å². The Labute approximate surface area is 212 Å². The molecule has 1 aliphatic heterocycles. The van der Waals surface area contributed by atoms with E-state index >= 15 is 0 Å². The van der Waals surface area contributed by atoms with Crippen molar-refractivity contribution in [1.82, 2.24) is 16.0 Å². The second-order valence-corrected chi connectivity index (χ2v) is 8.48. The Morgan fingerprint density at radius 2 is 1.85 bits per heavy atom. The molecule has 33 heavy (non-hydrogen) atoms. The number of nitrogens with one attached hydrogen (secondary N) is 3. The fourth-order valence-corrected chi connectivity index (χ4v) is 4.60. The Hall–Kier alpha value is -2.49. The minimum Gasteiger partial charge on any atom is -0.497 e. The van der Waals surface area contributed by atoms with Gasteiger partial charge in [0, 0.05) is 25.6 Å². The molecule has 0 bridgehead atoms. The number of guanidine groups is 1. The van der Waals surface area contributed by atoms with Crippen molar-refractivity contribution >= 4 is 35.8 Å². The van der Waals surface area contributed by atoms with E-state index in [4.69, 9.17) is 9.47 Å². The molecule has 178 valence electrons. The SMILES string of the molecule is CN=C(NCC(=O)NCc1ccc(OC)cc1)NC1CC2(CCCC2)Oc2ccccc21.I. The summed E-state index contributed by atoms with van der Waals surface area (Å²) in [4.78, 5) is 16.7. The number of halogens is 1. The quantitative estimate of drug-likeness (QED) is 0.282. The molecule has 1 amide bonds. The predicted molar refractivity (Wildman–Crippen MR) is 140 cm³/mol.